The Kier molecular flexibility index (Phi) is 6.28. The molecule has 0 aliphatic rings. The number of nitro groups is 1. The van der Waals surface area contributed by atoms with Gasteiger partial charge in [0.15, 0.2) is 0 Å². The van der Waals surface area contributed by atoms with Crippen molar-refractivity contribution in [2.45, 2.75) is 6.92 Å². The Morgan fingerprint density at radius 2 is 1.96 bits per heavy atom. The number of rotatable bonds is 7. The van der Waals surface area contributed by atoms with E-state index in [1.807, 2.05) is 6.92 Å². The van der Waals surface area contributed by atoms with Gasteiger partial charge in [0, 0.05) is 18.0 Å². The first-order valence-electron chi connectivity index (χ1n) is 7.69. The van der Waals surface area contributed by atoms with E-state index >= 15 is 0 Å². The molecule has 0 saturated heterocycles. The summed E-state index contributed by atoms with van der Waals surface area (Å²) in [6.45, 7) is 2.43. The average Bonchev–Trinajstić information content (AvgIpc) is 2.64. The third kappa shape index (κ3) is 4.82. The van der Waals surface area contributed by atoms with Crippen molar-refractivity contribution in [3.8, 4) is 11.8 Å². The summed E-state index contributed by atoms with van der Waals surface area (Å²) in [4.78, 5) is 22.6. The Hall–Kier alpha value is -3.86. The second-order valence-electron chi connectivity index (χ2n) is 5.00. The molecular weight excluding hydrogens is 336 g/mol. The molecule has 0 unspecified atom stereocenters. The number of nitrogens with zero attached hydrogens (tertiary/aromatic N) is 2. The van der Waals surface area contributed by atoms with Gasteiger partial charge in [0.05, 0.1) is 11.5 Å². The van der Waals surface area contributed by atoms with Gasteiger partial charge in [-0.1, -0.05) is 12.1 Å². The van der Waals surface area contributed by atoms with Crippen LogP contribution in [-0.4, -0.2) is 17.4 Å². The Bertz CT molecular complexity index is 870. The van der Waals surface area contributed by atoms with Crippen LogP contribution in [0.5, 0.6) is 5.75 Å². The molecule has 0 saturated carbocycles. The van der Waals surface area contributed by atoms with Gasteiger partial charge < -0.3 is 15.4 Å². The summed E-state index contributed by atoms with van der Waals surface area (Å²) in [5.41, 5.74) is 0.194. The maximum Gasteiger partial charge on any atom is 0.292 e. The molecule has 8 nitrogen and oxygen atoms in total. The van der Waals surface area contributed by atoms with Crippen molar-refractivity contribution >= 4 is 23.0 Å². The highest BCUT2D eigenvalue weighted by molar-refractivity contribution is 6.07. The fourth-order valence-electron chi connectivity index (χ4n) is 2.05. The minimum Gasteiger partial charge on any atom is -0.494 e. The fraction of sp³-hybridized carbons (Fsp3) is 0.111. The number of nitro benzene ring substituents is 1. The number of carbonyl (C=O) groups excluding carboxylic acids is 1. The third-order valence-corrected chi connectivity index (χ3v) is 3.26. The van der Waals surface area contributed by atoms with Crippen LogP contribution in [0, 0.1) is 21.4 Å². The number of amides is 1. The summed E-state index contributed by atoms with van der Waals surface area (Å²) in [6.07, 6.45) is 1.24. The summed E-state index contributed by atoms with van der Waals surface area (Å²) in [5, 5.41) is 25.4. The molecule has 0 aliphatic carbocycles. The Balaban J connectivity index is 2.10. The van der Waals surface area contributed by atoms with E-state index in [2.05, 4.69) is 10.6 Å². The molecule has 8 heteroatoms. The van der Waals surface area contributed by atoms with Crippen molar-refractivity contribution in [2.75, 3.05) is 17.2 Å². The molecule has 0 spiro atoms. The molecule has 0 radical (unpaired) electrons. The zero-order chi connectivity index (χ0) is 18.9. The maximum absolute atomic E-state index is 12.2. The predicted octanol–water partition coefficient (Wildman–Crippen LogP) is 3.45. The Morgan fingerprint density at radius 3 is 2.58 bits per heavy atom. The number of hydrogen-bond acceptors (Lipinski definition) is 6. The molecule has 132 valence electrons. The molecule has 2 aromatic rings. The van der Waals surface area contributed by atoms with E-state index in [0.717, 1.165) is 0 Å². The van der Waals surface area contributed by atoms with Gasteiger partial charge in [-0.15, -0.1) is 0 Å². The van der Waals surface area contributed by atoms with Crippen LogP contribution in [0.4, 0.5) is 17.1 Å². The van der Waals surface area contributed by atoms with E-state index in [-0.39, 0.29) is 16.9 Å². The fourth-order valence-corrected chi connectivity index (χ4v) is 2.05. The first-order valence-corrected chi connectivity index (χ1v) is 7.69. The van der Waals surface area contributed by atoms with Gasteiger partial charge in [0.1, 0.15) is 23.1 Å². The summed E-state index contributed by atoms with van der Waals surface area (Å²) in [6, 6.07) is 14.4. The molecule has 26 heavy (non-hydrogen) atoms. The van der Waals surface area contributed by atoms with Gasteiger partial charge in [0.25, 0.3) is 11.6 Å². The van der Waals surface area contributed by atoms with Gasteiger partial charge >= 0.3 is 0 Å². The molecule has 2 rings (SSSR count). The lowest BCUT2D eigenvalue weighted by molar-refractivity contribution is -0.383. The summed E-state index contributed by atoms with van der Waals surface area (Å²) in [7, 11) is 0. The van der Waals surface area contributed by atoms with Gasteiger partial charge in [-0.3, -0.25) is 14.9 Å². The average molecular weight is 352 g/mol. The predicted molar refractivity (Wildman–Crippen MR) is 96.7 cm³/mol. The lowest BCUT2D eigenvalue weighted by Gasteiger charge is -2.07. The number of carbonyl (C=O) groups is 1. The van der Waals surface area contributed by atoms with Crippen LogP contribution in [-0.2, 0) is 4.79 Å². The number of benzene rings is 2. The van der Waals surface area contributed by atoms with Crippen molar-refractivity contribution in [3.05, 3.63) is 70.4 Å². The van der Waals surface area contributed by atoms with Gasteiger partial charge in [-0.05, 0) is 37.3 Å². The zero-order valence-electron chi connectivity index (χ0n) is 13.9. The number of para-hydroxylation sites is 2. The molecule has 1 amide bonds. The molecule has 0 heterocycles. The van der Waals surface area contributed by atoms with E-state index in [9.17, 15) is 20.2 Å². The molecular formula is C18H16N4O4. The maximum atomic E-state index is 12.2. The molecule has 0 atom stereocenters. The SMILES string of the molecule is CCOc1ccc(N/C=C(/C#N)C(=O)Nc2ccccc2[N+](=O)[O-])cc1. The summed E-state index contributed by atoms with van der Waals surface area (Å²) >= 11 is 0. The normalized spacial score (nSPS) is 10.5. The van der Waals surface area contributed by atoms with Crippen LogP contribution in [0.3, 0.4) is 0 Å². The van der Waals surface area contributed by atoms with Crippen LogP contribution in [0.1, 0.15) is 6.92 Å². The third-order valence-electron chi connectivity index (χ3n) is 3.26. The molecule has 0 fully saturated rings. The number of nitriles is 1. The van der Waals surface area contributed by atoms with Crippen LogP contribution in [0.25, 0.3) is 0 Å². The summed E-state index contributed by atoms with van der Waals surface area (Å²) in [5.74, 6) is -0.0445. The van der Waals surface area contributed by atoms with Gasteiger partial charge in [-0.2, -0.15) is 5.26 Å². The van der Waals surface area contributed by atoms with Crippen LogP contribution >= 0.6 is 0 Å². The number of nitrogens with one attached hydrogen (secondary N) is 2. The van der Waals surface area contributed by atoms with Crippen molar-refractivity contribution in [2.24, 2.45) is 0 Å². The molecule has 2 aromatic carbocycles. The second-order valence-corrected chi connectivity index (χ2v) is 5.00. The first kappa shape index (κ1) is 18.5. The molecule has 0 aliphatic heterocycles. The standard InChI is InChI=1S/C18H16N4O4/c1-2-26-15-9-7-14(8-10-15)20-12-13(11-19)18(23)21-16-5-3-4-6-17(16)22(24)25/h3-10,12,20H,2H2,1H3,(H,21,23)/b13-12-. The zero-order valence-corrected chi connectivity index (χ0v) is 13.9. The van der Waals surface area contributed by atoms with E-state index in [1.54, 1.807) is 36.4 Å². The highest BCUT2D eigenvalue weighted by Crippen LogP contribution is 2.23. The van der Waals surface area contributed by atoms with Crippen molar-refractivity contribution in [1.29, 1.82) is 5.26 Å². The minimum absolute atomic E-state index is 0.0183. The van der Waals surface area contributed by atoms with Gasteiger partial charge in [-0.25, -0.2) is 0 Å². The smallest absolute Gasteiger partial charge is 0.292 e. The van der Waals surface area contributed by atoms with E-state index in [1.165, 1.54) is 24.4 Å². The van der Waals surface area contributed by atoms with E-state index in [4.69, 9.17) is 4.74 Å². The van der Waals surface area contributed by atoms with E-state index in [0.29, 0.717) is 18.0 Å². The van der Waals surface area contributed by atoms with Crippen LogP contribution < -0.4 is 15.4 Å². The largest absolute Gasteiger partial charge is 0.494 e. The number of anilines is 2. The Labute approximate surface area is 149 Å². The quantitative estimate of drug-likeness (QED) is 0.341. The minimum atomic E-state index is -0.750. The van der Waals surface area contributed by atoms with Crippen molar-refractivity contribution in [1.82, 2.24) is 0 Å². The van der Waals surface area contributed by atoms with E-state index < -0.39 is 10.8 Å². The van der Waals surface area contributed by atoms with Crippen LogP contribution in [0.2, 0.25) is 0 Å². The Morgan fingerprint density at radius 1 is 1.27 bits per heavy atom. The lowest BCUT2D eigenvalue weighted by Crippen LogP contribution is -2.15. The molecule has 0 bridgehead atoms. The number of hydrogen-bond donors (Lipinski definition) is 2. The monoisotopic (exact) mass is 352 g/mol. The lowest BCUT2D eigenvalue weighted by atomic mass is 10.2. The van der Waals surface area contributed by atoms with Crippen molar-refractivity contribution < 1.29 is 14.5 Å². The number of ether oxygens (including phenoxy) is 1. The highest BCUT2D eigenvalue weighted by Gasteiger charge is 2.17. The van der Waals surface area contributed by atoms with Gasteiger partial charge in [0.2, 0.25) is 0 Å². The highest BCUT2D eigenvalue weighted by atomic mass is 16.6. The van der Waals surface area contributed by atoms with Crippen LogP contribution in [0.15, 0.2) is 60.3 Å². The first-order chi connectivity index (χ1) is 12.5. The summed E-state index contributed by atoms with van der Waals surface area (Å²) < 4.78 is 5.33. The second kappa shape index (κ2) is 8.84. The topological polar surface area (TPSA) is 117 Å². The molecule has 0 aromatic heterocycles. The van der Waals surface area contributed by atoms with Crippen molar-refractivity contribution in [3.63, 3.8) is 0 Å². The molecule has 2 N–H and O–H groups in total.